The van der Waals surface area contributed by atoms with Crippen molar-refractivity contribution in [2.75, 3.05) is 0 Å². The van der Waals surface area contributed by atoms with Crippen LogP contribution in [0.2, 0.25) is 0 Å². The summed E-state index contributed by atoms with van der Waals surface area (Å²) >= 11 is 0. The number of aryl methyl sites for hydroxylation is 1. The summed E-state index contributed by atoms with van der Waals surface area (Å²) in [6, 6.07) is 10.4. The van der Waals surface area contributed by atoms with Crippen molar-refractivity contribution in [3.8, 4) is 0 Å². The second kappa shape index (κ2) is 7.63. The number of hydrogen-bond acceptors (Lipinski definition) is 3. The van der Waals surface area contributed by atoms with E-state index in [0.717, 1.165) is 30.7 Å². The highest BCUT2D eigenvalue weighted by Crippen LogP contribution is 2.32. The zero-order valence-corrected chi connectivity index (χ0v) is 12.7. The summed E-state index contributed by atoms with van der Waals surface area (Å²) in [6.45, 7) is 0. The summed E-state index contributed by atoms with van der Waals surface area (Å²) in [5.74, 6) is -1.63. The fourth-order valence-corrected chi connectivity index (χ4v) is 2.62. The fraction of sp³-hybridized carbons (Fsp3) is 0.235. The topological polar surface area (TPSA) is 93.3 Å². The Balaban J connectivity index is 0.000000174. The molecule has 1 aromatic heterocycles. The molecule has 0 saturated heterocycles. The molecule has 3 N–H and O–H groups in total. The third kappa shape index (κ3) is 3.92. The molecule has 5 nitrogen and oxygen atoms in total. The van der Waals surface area contributed by atoms with E-state index in [2.05, 4.69) is 11.1 Å². The molecule has 0 spiro atoms. The smallest absolute Gasteiger partial charge is 0.337 e. The summed E-state index contributed by atoms with van der Waals surface area (Å²) < 4.78 is 24.1. The molecule has 7 heteroatoms. The lowest BCUT2D eigenvalue weighted by atomic mass is 10.0. The van der Waals surface area contributed by atoms with Gasteiger partial charge in [-0.15, -0.1) is 0 Å². The van der Waals surface area contributed by atoms with Gasteiger partial charge in [0.2, 0.25) is 5.91 Å². The molecule has 0 saturated carbocycles. The van der Waals surface area contributed by atoms with E-state index < -0.39 is 23.7 Å². The molecule has 1 unspecified atom stereocenters. The second-order valence-electron chi connectivity index (χ2n) is 5.23. The Morgan fingerprint density at radius 3 is 2.50 bits per heavy atom. The maximum Gasteiger partial charge on any atom is 0.337 e. The van der Waals surface area contributed by atoms with Crippen LogP contribution in [0.15, 0.2) is 42.6 Å². The third-order valence-corrected chi connectivity index (χ3v) is 3.75. The number of benzene rings is 1. The van der Waals surface area contributed by atoms with Crippen molar-refractivity contribution in [3.05, 3.63) is 65.0 Å². The number of amides is 1. The molecular formula is C17H16F2N2O3. The molecule has 1 aliphatic carbocycles. The van der Waals surface area contributed by atoms with Crippen molar-refractivity contribution in [2.24, 2.45) is 5.73 Å². The monoisotopic (exact) mass is 334 g/mol. The number of primary amides is 1. The predicted octanol–water partition coefficient (Wildman–Crippen LogP) is 2.92. The molecule has 0 aliphatic heterocycles. The molecule has 24 heavy (non-hydrogen) atoms. The van der Waals surface area contributed by atoms with E-state index in [4.69, 9.17) is 10.8 Å². The van der Waals surface area contributed by atoms with Gasteiger partial charge in [0.1, 0.15) is 5.69 Å². The van der Waals surface area contributed by atoms with Crippen LogP contribution in [0.25, 0.3) is 0 Å². The van der Waals surface area contributed by atoms with Crippen LogP contribution in [-0.4, -0.2) is 22.0 Å². The minimum atomic E-state index is -2.85. The number of carboxylic acid groups (broad SMARTS) is 1. The van der Waals surface area contributed by atoms with E-state index in [1.807, 2.05) is 18.2 Å². The Hall–Kier alpha value is -2.83. The third-order valence-electron chi connectivity index (χ3n) is 3.75. The molecule has 0 fully saturated rings. The van der Waals surface area contributed by atoms with E-state index >= 15 is 0 Å². The number of carbonyl (C=O) groups is 2. The van der Waals surface area contributed by atoms with E-state index in [-0.39, 0.29) is 11.8 Å². The first-order valence-corrected chi connectivity index (χ1v) is 7.25. The zero-order valence-electron chi connectivity index (χ0n) is 12.7. The largest absolute Gasteiger partial charge is 0.478 e. The van der Waals surface area contributed by atoms with Gasteiger partial charge in [0.25, 0.3) is 6.43 Å². The number of aromatic carboxylic acids is 1. The maximum absolute atomic E-state index is 12.1. The van der Waals surface area contributed by atoms with E-state index in [1.165, 1.54) is 11.6 Å². The minimum Gasteiger partial charge on any atom is -0.478 e. The van der Waals surface area contributed by atoms with Crippen molar-refractivity contribution < 1.29 is 23.5 Å². The molecule has 2 aromatic rings. The first-order valence-electron chi connectivity index (χ1n) is 7.25. The number of nitrogens with two attached hydrogens (primary N) is 1. The number of nitrogens with zero attached hydrogens (tertiary/aromatic N) is 1. The average Bonchev–Trinajstić information content (AvgIpc) is 2.99. The summed E-state index contributed by atoms with van der Waals surface area (Å²) in [5.41, 5.74) is 6.54. The Kier molecular flexibility index (Phi) is 5.57. The second-order valence-corrected chi connectivity index (χ2v) is 5.23. The number of carboxylic acids is 1. The van der Waals surface area contributed by atoms with Crippen LogP contribution in [0.3, 0.4) is 0 Å². The molecule has 1 amide bonds. The molecular weight excluding hydrogens is 318 g/mol. The van der Waals surface area contributed by atoms with Crippen molar-refractivity contribution in [1.82, 2.24) is 4.98 Å². The van der Waals surface area contributed by atoms with Crippen LogP contribution in [0.5, 0.6) is 0 Å². The highest BCUT2D eigenvalue weighted by atomic mass is 19.3. The molecule has 1 heterocycles. The first-order chi connectivity index (χ1) is 11.4. The number of fused-ring (bicyclic) bond motifs is 1. The molecule has 1 aromatic carbocycles. The van der Waals surface area contributed by atoms with Gasteiger partial charge >= 0.3 is 5.97 Å². The van der Waals surface area contributed by atoms with E-state index in [0.29, 0.717) is 0 Å². The van der Waals surface area contributed by atoms with Crippen LogP contribution in [-0.2, 0) is 11.2 Å². The van der Waals surface area contributed by atoms with Gasteiger partial charge in [0, 0.05) is 6.20 Å². The van der Waals surface area contributed by atoms with Gasteiger partial charge < -0.3 is 10.8 Å². The molecule has 1 atom stereocenters. The van der Waals surface area contributed by atoms with E-state index in [9.17, 15) is 18.4 Å². The first kappa shape index (κ1) is 17.5. The van der Waals surface area contributed by atoms with Gasteiger partial charge in [-0.05, 0) is 36.1 Å². The van der Waals surface area contributed by atoms with Crippen molar-refractivity contribution in [2.45, 2.75) is 25.2 Å². The normalized spacial score (nSPS) is 15.4. The number of pyridine rings is 1. The van der Waals surface area contributed by atoms with Crippen LogP contribution in [0.1, 0.15) is 45.9 Å². The lowest BCUT2D eigenvalue weighted by Gasteiger charge is -2.05. The number of aromatic nitrogens is 1. The van der Waals surface area contributed by atoms with Crippen molar-refractivity contribution in [1.29, 1.82) is 0 Å². The number of halogens is 2. The molecule has 0 radical (unpaired) electrons. The summed E-state index contributed by atoms with van der Waals surface area (Å²) in [7, 11) is 0. The number of rotatable bonds is 3. The number of alkyl halides is 2. The van der Waals surface area contributed by atoms with Gasteiger partial charge in [-0.1, -0.05) is 24.3 Å². The summed E-state index contributed by atoms with van der Waals surface area (Å²) in [6.07, 6.45) is 0.157. The number of hydrogen-bond donors (Lipinski definition) is 2. The SMILES string of the molecule is NC(=O)C1CCc2ccccc21.O=C(O)c1cccnc1C(F)F. The molecule has 126 valence electrons. The Bertz CT molecular complexity index is 750. The lowest BCUT2D eigenvalue weighted by Crippen LogP contribution is -2.19. The molecule has 1 aliphatic rings. The van der Waals surface area contributed by atoms with Gasteiger partial charge in [0.15, 0.2) is 0 Å². The zero-order chi connectivity index (χ0) is 17.7. The quantitative estimate of drug-likeness (QED) is 0.902. The lowest BCUT2D eigenvalue weighted by molar-refractivity contribution is -0.119. The van der Waals surface area contributed by atoms with Crippen molar-refractivity contribution >= 4 is 11.9 Å². The molecule has 3 rings (SSSR count). The highest BCUT2D eigenvalue weighted by molar-refractivity contribution is 5.88. The van der Waals surface area contributed by atoms with Gasteiger partial charge in [0.05, 0.1) is 11.5 Å². The van der Waals surface area contributed by atoms with Gasteiger partial charge in [-0.2, -0.15) is 0 Å². The van der Waals surface area contributed by atoms with Crippen LogP contribution in [0, 0.1) is 0 Å². The van der Waals surface area contributed by atoms with E-state index in [1.54, 1.807) is 0 Å². The summed E-state index contributed by atoms with van der Waals surface area (Å²) in [4.78, 5) is 24.6. The molecule has 0 bridgehead atoms. The Morgan fingerprint density at radius 2 is 1.92 bits per heavy atom. The average molecular weight is 334 g/mol. The highest BCUT2D eigenvalue weighted by Gasteiger charge is 2.25. The van der Waals surface area contributed by atoms with Crippen LogP contribution in [0.4, 0.5) is 8.78 Å². The minimum absolute atomic E-state index is 0.0406. The van der Waals surface area contributed by atoms with Gasteiger partial charge in [-0.3, -0.25) is 9.78 Å². The standard InChI is InChI=1S/C10H11NO.C7H5F2NO2/c11-10(12)9-6-5-7-3-1-2-4-8(7)9;8-6(9)5-4(7(11)12)2-1-3-10-5/h1-4,9H,5-6H2,(H2,11,12);1-3,6H,(H,11,12). The van der Waals surface area contributed by atoms with Crippen LogP contribution >= 0.6 is 0 Å². The Labute approximate surface area is 137 Å². The predicted molar refractivity (Wildman–Crippen MR) is 82.9 cm³/mol. The maximum atomic E-state index is 12.1. The fourth-order valence-electron chi connectivity index (χ4n) is 2.62. The summed E-state index contributed by atoms with van der Waals surface area (Å²) in [5, 5.41) is 8.44. The van der Waals surface area contributed by atoms with Crippen molar-refractivity contribution in [3.63, 3.8) is 0 Å². The van der Waals surface area contributed by atoms with Gasteiger partial charge in [-0.25, -0.2) is 13.6 Å². The van der Waals surface area contributed by atoms with Crippen LogP contribution < -0.4 is 5.73 Å². The number of carbonyl (C=O) groups excluding carboxylic acids is 1. The Morgan fingerprint density at radius 1 is 1.21 bits per heavy atom.